The zero-order valence-corrected chi connectivity index (χ0v) is 49.0. The standard InChI is InChI=1S/C69H116O6/c1-4-7-10-13-16-19-22-24-26-28-29-30-31-32-33-34-35-36-37-38-39-41-42-44-47-50-53-56-59-62-68(71)74-65-66(64-73-67(70)61-58-55-52-49-46-21-18-15-12-9-6-3)75-69(72)63-60-57-54-51-48-45-43-40-27-25-23-20-17-14-11-8-5-2/h7,10,16,19,24,26,29-30,32-33,35-36,38-39,42,44,50,53,66H,4-6,8-9,11-15,17-18,20-23,25,27-28,31,34,37,40-41,43,45-49,51-52,54-65H2,1-3H3/b10-7-,19-16-,26-24-,30-29-,33-32-,36-35-,39-38-,44-42-,53-50-. The van der Waals surface area contributed by atoms with Crippen molar-refractivity contribution in [2.45, 2.75) is 297 Å². The van der Waals surface area contributed by atoms with E-state index in [1.165, 1.54) is 141 Å². The summed E-state index contributed by atoms with van der Waals surface area (Å²) in [6, 6.07) is 0. The van der Waals surface area contributed by atoms with Crippen LogP contribution in [0, 0.1) is 0 Å². The smallest absolute Gasteiger partial charge is 0.306 e. The lowest BCUT2D eigenvalue weighted by Gasteiger charge is -2.18. The van der Waals surface area contributed by atoms with Crippen molar-refractivity contribution < 1.29 is 28.6 Å². The van der Waals surface area contributed by atoms with Crippen molar-refractivity contribution in [3.63, 3.8) is 0 Å². The number of ether oxygens (including phenoxy) is 3. The molecule has 0 saturated heterocycles. The van der Waals surface area contributed by atoms with Crippen molar-refractivity contribution in [3.05, 3.63) is 109 Å². The minimum absolute atomic E-state index is 0.0928. The third kappa shape index (κ3) is 60.8. The molecule has 428 valence electrons. The summed E-state index contributed by atoms with van der Waals surface area (Å²) in [7, 11) is 0. The summed E-state index contributed by atoms with van der Waals surface area (Å²) >= 11 is 0. The molecule has 0 bridgehead atoms. The Hall–Kier alpha value is -3.93. The number of hydrogen-bond acceptors (Lipinski definition) is 6. The molecule has 6 nitrogen and oxygen atoms in total. The topological polar surface area (TPSA) is 78.9 Å². The average Bonchev–Trinajstić information content (AvgIpc) is 3.41. The van der Waals surface area contributed by atoms with Gasteiger partial charge in [-0.1, -0.05) is 297 Å². The second-order valence-corrected chi connectivity index (χ2v) is 20.6. The van der Waals surface area contributed by atoms with Crippen LogP contribution in [0.5, 0.6) is 0 Å². The summed E-state index contributed by atoms with van der Waals surface area (Å²) in [5.41, 5.74) is 0. The summed E-state index contributed by atoms with van der Waals surface area (Å²) in [4.78, 5) is 38.2. The van der Waals surface area contributed by atoms with Crippen molar-refractivity contribution in [3.8, 4) is 0 Å². The fourth-order valence-electron chi connectivity index (χ4n) is 8.62. The van der Waals surface area contributed by atoms with E-state index in [1.807, 2.05) is 0 Å². The summed E-state index contributed by atoms with van der Waals surface area (Å²) in [5.74, 6) is -0.948. The zero-order chi connectivity index (χ0) is 54.3. The molecule has 0 aromatic rings. The van der Waals surface area contributed by atoms with Gasteiger partial charge in [0.15, 0.2) is 6.10 Å². The predicted octanol–water partition coefficient (Wildman–Crippen LogP) is 21.4. The molecule has 0 heterocycles. The molecule has 0 aromatic heterocycles. The maximum absolute atomic E-state index is 12.9. The Balaban J connectivity index is 4.38. The van der Waals surface area contributed by atoms with Gasteiger partial charge in [0.2, 0.25) is 0 Å². The summed E-state index contributed by atoms with van der Waals surface area (Å²) in [6.07, 6.45) is 85.3. The highest BCUT2D eigenvalue weighted by Gasteiger charge is 2.19. The van der Waals surface area contributed by atoms with Crippen LogP contribution in [0.25, 0.3) is 0 Å². The minimum Gasteiger partial charge on any atom is -0.462 e. The molecule has 0 saturated carbocycles. The lowest BCUT2D eigenvalue weighted by molar-refractivity contribution is -0.167. The summed E-state index contributed by atoms with van der Waals surface area (Å²) in [6.45, 7) is 6.49. The van der Waals surface area contributed by atoms with E-state index < -0.39 is 6.10 Å². The number of allylic oxidation sites excluding steroid dienone is 18. The first kappa shape index (κ1) is 71.1. The van der Waals surface area contributed by atoms with Gasteiger partial charge in [-0.2, -0.15) is 0 Å². The normalized spacial score (nSPS) is 12.8. The Labute approximate surface area is 463 Å². The highest BCUT2D eigenvalue weighted by molar-refractivity contribution is 5.71. The molecular formula is C69H116O6. The van der Waals surface area contributed by atoms with Crippen molar-refractivity contribution in [2.75, 3.05) is 13.2 Å². The van der Waals surface area contributed by atoms with Crippen LogP contribution in [0.3, 0.4) is 0 Å². The molecule has 1 unspecified atom stereocenters. The van der Waals surface area contributed by atoms with Crippen LogP contribution < -0.4 is 0 Å². The van der Waals surface area contributed by atoms with E-state index >= 15 is 0 Å². The number of carbonyl (C=O) groups excluding carboxylic acids is 3. The van der Waals surface area contributed by atoms with Gasteiger partial charge in [0.25, 0.3) is 0 Å². The molecule has 0 aromatic carbocycles. The number of hydrogen-bond donors (Lipinski definition) is 0. The molecule has 0 rings (SSSR count). The molecular weight excluding hydrogens is 925 g/mol. The molecule has 0 aliphatic carbocycles. The van der Waals surface area contributed by atoms with E-state index in [4.69, 9.17) is 14.2 Å². The molecule has 6 heteroatoms. The van der Waals surface area contributed by atoms with Gasteiger partial charge < -0.3 is 14.2 Å². The SMILES string of the molecule is CC/C=C\C/C=C\C/C=C\C/C=C\C/C=C\C/C=C\C/C=C\C/C=C\C/C=C\CCCC(=O)OCC(COC(=O)CCCCCCCCCCCCC)OC(=O)CCCCCCCCCCCCCCCCCCC. The first-order valence-electron chi connectivity index (χ1n) is 31.4. The Kier molecular flexibility index (Phi) is 59.3. The van der Waals surface area contributed by atoms with Gasteiger partial charge in [0.05, 0.1) is 0 Å². The molecule has 0 fully saturated rings. The van der Waals surface area contributed by atoms with Gasteiger partial charge in [-0.05, 0) is 83.5 Å². The van der Waals surface area contributed by atoms with E-state index in [9.17, 15) is 14.4 Å². The molecule has 0 amide bonds. The number of rotatable bonds is 56. The van der Waals surface area contributed by atoms with Crippen LogP contribution in [0.2, 0.25) is 0 Å². The quantitative estimate of drug-likeness (QED) is 0.0261. The van der Waals surface area contributed by atoms with Crippen LogP contribution >= 0.6 is 0 Å². The molecule has 0 aliphatic rings. The fraction of sp³-hybridized carbons (Fsp3) is 0.696. The van der Waals surface area contributed by atoms with Crippen molar-refractivity contribution in [2.24, 2.45) is 0 Å². The molecule has 1 atom stereocenters. The second kappa shape index (κ2) is 62.6. The fourth-order valence-corrected chi connectivity index (χ4v) is 8.62. The summed E-state index contributed by atoms with van der Waals surface area (Å²) < 4.78 is 16.8. The van der Waals surface area contributed by atoms with Gasteiger partial charge >= 0.3 is 17.9 Å². The monoisotopic (exact) mass is 1040 g/mol. The van der Waals surface area contributed by atoms with E-state index in [0.29, 0.717) is 19.3 Å². The molecule has 0 radical (unpaired) electrons. The largest absolute Gasteiger partial charge is 0.462 e. The molecule has 75 heavy (non-hydrogen) atoms. The Morgan fingerprint density at radius 3 is 0.813 bits per heavy atom. The van der Waals surface area contributed by atoms with E-state index in [0.717, 1.165) is 103 Å². The lowest BCUT2D eigenvalue weighted by atomic mass is 10.0. The van der Waals surface area contributed by atoms with Crippen LogP contribution in [0.15, 0.2) is 109 Å². The van der Waals surface area contributed by atoms with Gasteiger partial charge in [-0.3, -0.25) is 14.4 Å². The van der Waals surface area contributed by atoms with E-state index in [1.54, 1.807) is 0 Å². The van der Waals surface area contributed by atoms with Crippen LogP contribution in [0.1, 0.15) is 290 Å². The third-order valence-corrected chi connectivity index (χ3v) is 13.3. The third-order valence-electron chi connectivity index (χ3n) is 13.3. The van der Waals surface area contributed by atoms with E-state index in [2.05, 4.69) is 130 Å². The second-order valence-electron chi connectivity index (χ2n) is 20.6. The number of unbranched alkanes of at least 4 members (excludes halogenated alkanes) is 27. The maximum Gasteiger partial charge on any atom is 0.306 e. The number of esters is 3. The number of carbonyl (C=O) groups is 3. The van der Waals surface area contributed by atoms with Crippen LogP contribution in [0.4, 0.5) is 0 Å². The van der Waals surface area contributed by atoms with Gasteiger partial charge in [0, 0.05) is 19.3 Å². The van der Waals surface area contributed by atoms with Gasteiger partial charge in [-0.25, -0.2) is 0 Å². The van der Waals surface area contributed by atoms with Crippen LogP contribution in [-0.2, 0) is 28.6 Å². The van der Waals surface area contributed by atoms with E-state index in [-0.39, 0.29) is 37.5 Å². The first-order chi connectivity index (χ1) is 37.0. The van der Waals surface area contributed by atoms with Crippen molar-refractivity contribution in [1.82, 2.24) is 0 Å². The summed E-state index contributed by atoms with van der Waals surface area (Å²) in [5, 5.41) is 0. The zero-order valence-electron chi connectivity index (χ0n) is 49.0. The Morgan fingerprint density at radius 1 is 0.280 bits per heavy atom. The minimum atomic E-state index is -0.799. The van der Waals surface area contributed by atoms with Gasteiger partial charge in [-0.15, -0.1) is 0 Å². The predicted molar refractivity (Wildman–Crippen MR) is 325 cm³/mol. The first-order valence-corrected chi connectivity index (χ1v) is 31.4. The van der Waals surface area contributed by atoms with Crippen LogP contribution in [-0.4, -0.2) is 37.2 Å². The Bertz CT molecular complexity index is 1520. The average molecular weight is 1040 g/mol. The lowest BCUT2D eigenvalue weighted by Crippen LogP contribution is -2.30. The van der Waals surface area contributed by atoms with Gasteiger partial charge in [0.1, 0.15) is 13.2 Å². The maximum atomic E-state index is 12.9. The molecule has 0 N–H and O–H groups in total. The Morgan fingerprint density at radius 2 is 0.520 bits per heavy atom. The molecule has 0 aliphatic heterocycles. The highest BCUT2D eigenvalue weighted by atomic mass is 16.6. The van der Waals surface area contributed by atoms with Crippen molar-refractivity contribution >= 4 is 17.9 Å². The van der Waals surface area contributed by atoms with Crippen molar-refractivity contribution in [1.29, 1.82) is 0 Å². The molecule has 0 spiro atoms. The highest BCUT2D eigenvalue weighted by Crippen LogP contribution is 2.16.